The molecular weight excluding hydrogens is 360 g/mol. The number of ether oxygens (including phenoxy) is 1. The van der Waals surface area contributed by atoms with Crippen LogP contribution in [0.3, 0.4) is 0 Å². The lowest BCUT2D eigenvalue weighted by Gasteiger charge is -2.11. The van der Waals surface area contributed by atoms with Crippen LogP contribution in [0.25, 0.3) is 0 Å². The van der Waals surface area contributed by atoms with E-state index in [1.807, 2.05) is 17.5 Å². The molecule has 0 spiro atoms. The molecule has 1 saturated heterocycles. The fourth-order valence-electron chi connectivity index (χ4n) is 2.56. The summed E-state index contributed by atoms with van der Waals surface area (Å²) < 4.78 is 32.5. The van der Waals surface area contributed by atoms with Gasteiger partial charge in [-0.05, 0) is 48.6 Å². The van der Waals surface area contributed by atoms with Crippen molar-refractivity contribution in [3.05, 3.63) is 52.2 Å². The minimum absolute atomic E-state index is 0.0583. The second kappa shape index (κ2) is 8.09. The lowest BCUT2D eigenvalue weighted by Crippen LogP contribution is -2.31. The number of nitrogens with one attached hydrogen (secondary N) is 2. The van der Waals surface area contributed by atoms with Crippen molar-refractivity contribution < 1.29 is 17.9 Å². The number of carbonyl (C=O) groups is 1. The molecule has 1 aromatic carbocycles. The third-order valence-corrected chi connectivity index (χ3v) is 6.27. The molecule has 0 bridgehead atoms. The van der Waals surface area contributed by atoms with Gasteiger partial charge in [0.25, 0.3) is 5.91 Å². The van der Waals surface area contributed by atoms with Gasteiger partial charge in [-0.1, -0.05) is 6.07 Å². The summed E-state index contributed by atoms with van der Waals surface area (Å²) in [7, 11) is -3.60. The van der Waals surface area contributed by atoms with Gasteiger partial charge in [-0.3, -0.25) is 4.79 Å². The standard InChI is InChI=1S/C17H20N2O4S2/c20-17(18-12-15-4-2-10-24-15)13-5-7-16(8-6-13)25(21,22)19-11-14-3-1-9-23-14/h2,4-8,10,14,19H,1,3,9,11-12H2,(H,18,20). The highest BCUT2D eigenvalue weighted by atomic mass is 32.2. The van der Waals surface area contributed by atoms with Crippen LogP contribution < -0.4 is 10.0 Å². The Morgan fingerprint density at radius 2 is 2.04 bits per heavy atom. The smallest absolute Gasteiger partial charge is 0.251 e. The SMILES string of the molecule is O=C(NCc1cccs1)c1ccc(S(=O)(=O)NCC2CCCO2)cc1. The summed E-state index contributed by atoms with van der Waals surface area (Å²) in [4.78, 5) is 13.3. The minimum Gasteiger partial charge on any atom is -0.377 e. The molecule has 1 amide bonds. The topological polar surface area (TPSA) is 84.5 Å². The van der Waals surface area contributed by atoms with Crippen molar-refractivity contribution in [1.82, 2.24) is 10.0 Å². The summed E-state index contributed by atoms with van der Waals surface area (Å²) in [5.74, 6) is -0.232. The highest BCUT2D eigenvalue weighted by Gasteiger charge is 2.20. The van der Waals surface area contributed by atoms with E-state index in [-0.39, 0.29) is 23.5 Å². The largest absolute Gasteiger partial charge is 0.377 e. The first kappa shape index (κ1) is 18.1. The first-order valence-corrected chi connectivity index (χ1v) is 10.4. The van der Waals surface area contributed by atoms with Crippen LogP contribution in [0.1, 0.15) is 28.1 Å². The van der Waals surface area contributed by atoms with Crippen LogP contribution in [0.15, 0.2) is 46.7 Å². The maximum Gasteiger partial charge on any atom is 0.251 e. The van der Waals surface area contributed by atoms with Gasteiger partial charge in [-0.25, -0.2) is 13.1 Å². The third kappa shape index (κ3) is 4.88. The van der Waals surface area contributed by atoms with Gasteiger partial charge >= 0.3 is 0 Å². The molecule has 25 heavy (non-hydrogen) atoms. The molecule has 2 heterocycles. The molecule has 0 aliphatic carbocycles. The van der Waals surface area contributed by atoms with E-state index in [2.05, 4.69) is 10.0 Å². The van der Waals surface area contributed by atoms with Gasteiger partial charge in [0.2, 0.25) is 10.0 Å². The Labute approximate surface area is 151 Å². The van der Waals surface area contributed by atoms with Crippen molar-refractivity contribution in [3.63, 3.8) is 0 Å². The molecule has 1 atom stereocenters. The fourth-order valence-corrected chi connectivity index (χ4v) is 4.27. The highest BCUT2D eigenvalue weighted by Crippen LogP contribution is 2.14. The second-order valence-electron chi connectivity index (χ2n) is 5.77. The Balaban J connectivity index is 1.57. The van der Waals surface area contributed by atoms with Crippen molar-refractivity contribution in [3.8, 4) is 0 Å². The van der Waals surface area contributed by atoms with E-state index in [0.717, 1.165) is 17.7 Å². The lowest BCUT2D eigenvalue weighted by molar-refractivity contribution is 0.0951. The molecule has 1 fully saturated rings. The number of hydrogen-bond acceptors (Lipinski definition) is 5. The molecule has 1 aliphatic heterocycles. The Morgan fingerprint density at radius 3 is 2.68 bits per heavy atom. The number of rotatable bonds is 7. The molecule has 2 N–H and O–H groups in total. The van der Waals surface area contributed by atoms with Crippen LogP contribution in [0.5, 0.6) is 0 Å². The van der Waals surface area contributed by atoms with Gasteiger partial charge in [-0.15, -0.1) is 11.3 Å². The van der Waals surface area contributed by atoms with E-state index in [1.54, 1.807) is 11.3 Å². The van der Waals surface area contributed by atoms with E-state index in [1.165, 1.54) is 24.3 Å². The Morgan fingerprint density at radius 1 is 1.24 bits per heavy atom. The Kier molecular flexibility index (Phi) is 5.85. The molecule has 1 aliphatic rings. The summed E-state index contributed by atoms with van der Waals surface area (Å²) in [5, 5.41) is 4.76. The molecule has 8 heteroatoms. The van der Waals surface area contributed by atoms with Gasteiger partial charge in [0.15, 0.2) is 0 Å². The van der Waals surface area contributed by atoms with E-state index < -0.39 is 10.0 Å². The van der Waals surface area contributed by atoms with Crippen molar-refractivity contribution in [2.45, 2.75) is 30.4 Å². The number of thiophene rings is 1. The molecule has 2 aromatic rings. The minimum atomic E-state index is -3.60. The summed E-state index contributed by atoms with van der Waals surface area (Å²) in [5.41, 5.74) is 0.426. The van der Waals surface area contributed by atoms with Gasteiger partial charge in [0.1, 0.15) is 0 Å². The predicted molar refractivity (Wildman–Crippen MR) is 96.1 cm³/mol. The zero-order valence-electron chi connectivity index (χ0n) is 13.6. The van der Waals surface area contributed by atoms with E-state index in [4.69, 9.17) is 4.74 Å². The number of amides is 1. The molecule has 1 unspecified atom stereocenters. The molecule has 0 radical (unpaired) electrons. The Hall–Kier alpha value is -1.74. The average Bonchev–Trinajstić information content (AvgIpc) is 3.31. The van der Waals surface area contributed by atoms with Crippen molar-refractivity contribution in [2.75, 3.05) is 13.2 Å². The van der Waals surface area contributed by atoms with E-state index in [9.17, 15) is 13.2 Å². The summed E-state index contributed by atoms with van der Waals surface area (Å²) in [6, 6.07) is 9.79. The van der Waals surface area contributed by atoms with Crippen LogP contribution >= 0.6 is 11.3 Å². The average molecular weight is 380 g/mol. The van der Waals surface area contributed by atoms with Crippen LogP contribution in [-0.2, 0) is 21.3 Å². The maximum atomic E-state index is 12.3. The second-order valence-corrected chi connectivity index (χ2v) is 8.57. The quantitative estimate of drug-likeness (QED) is 0.771. The Bertz CT molecular complexity index is 796. The van der Waals surface area contributed by atoms with Gasteiger partial charge in [-0.2, -0.15) is 0 Å². The summed E-state index contributed by atoms with van der Waals surface area (Å²) in [6.07, 6.45) is 1.77. The number of hydrogen-bond donors (Lipinski definition) is 2. The lowest BCUT2D eigenvalue weighted by atomic mass is 10.2. The molecule has 3 rings (SSSR count). The predicted octanol–water partition coefficient (Wildman–Crippen LogP) is 2.14. The van der Waals surface area contributed by atoms with Gasteiger partial charge < -0.3 is 10.1 Å². The zero-order chi connectivity index (χ0) is 17.7. The molecule has 134 valence electrons. The van der Waals surface area contributed by atoms with E-state index >= 15 is 0 Å². The summed E-state index contributed by atoms with van der Waals surface area (Å²) >= 11 is 1.57. The number of sulfonamides is 1. The van der Waals surface area contributed by atoms with Crippen LogP contribution in [0, 0.1) is 0 Å². The molecule has 6 nitrogen and oxygen atoms in total. The number of carbonyl (C=O) groups excluding carboxylic acids is 1. The fraction of sp³-hybridized carbons (Fsp3) is 0.353. The van der Waals surface area contributed by atoms with Crippen molar-refractivity contribution in [2.24, 2.45) is 0 Å². The first-order chi connectivity index (χ1) is 12.0. The third-order valence-electron chi connectivity index (χ3n) is 3.96. The van der Waals surface area contributed by atoms with Crippen LogP contribution in [0.2, 0.25) is 0 Å². The van der Waals surface area contributed by atoms with Gasteiger partial charge in [0.05, 0.1) is 17.5 Å². The maximum absolute atomic E-state index is 12.3. The highest BCUT2D eigenvalue weighted by molar-refractivity contribution is 7.89. The normalized spacial score (nSPS) is 17.5. The van der Waals surface area contributed by atoms with Crippen LogP contribution in [-0.4, -0.2) is 33.6 Å². The first-order valence-electron chi connectivity index (χ1n) is 8.06. The molecular formula is C17H20N2O4S2. The van der Waals surface area contributed by atoms with Gasteiger partial charge in [0, 0.05) is 23.6 Å². The molecule has 1 aromatic heterocycles. The van der Waals surface area contributed by atoms with Crippen molar-refractivity contribution in [1.29, 1.82) is 0 Å². The van der Waals surface area contributed by atoms with E-state index in [0.29, 0.717) is 18.7 Å². The monoisotopic (exact) mass is 380 g/mol. The number of benzene rings is 1. The zero-order valence-corrected chi connectivity index (χ0v) is 15.2. The molecule has 0 saturated carbocycles. The van der Waals surface area contributed by atoms with Crippen LogP contribution in [0.4, 0.5) is 0 Å². The van der Waals surface area contributed by atoms with Crippen molar-refractivity contribution >= 4 is 27.3 Å². The summed E-state index contributed by atoms with van der Waals surface area (Å²) in [6.45, 7) is 1.41.